The van der Waals surface area contributed by atoms with Crippen molar-refractivity contribution >= 4 is 0 Å². The lowest BCUT2D eigenvalue weighted by molar-refractivity contribution is 0.249. The zero-order valence-corrected chi connectivity index (χ0v) is 8.07. The summed E-state index contributed by atoms with van der Waals surface area (Å²) in [7, 11) is 0. The Morgan fingerprint density at radius 1 is 1.31 bits per heavy atom. The molecule has 72 valence electrons. The number of nitrogens with two attached hydrogens (primary N) is 1. The van der Waals surface area contributed by atoms with Crippen LogP contribution < -0.4 is 10.5 Å². The minimum Gasteiger partial charge on any atom is -0.493 e. The lowest BCUT2D eigenvalue weighted by Gasteiger charge is -2.13. The zero-order chi connectivity index (χ0) is 9.52. The lowest BCUT2D eigenvalue weighted by atomic mass is 10.1. The maximum absolute atomic E-state index is 5.57. The number of benzene rings is 1. The van der Waals surface area contributed by atoms with Crippen molar-refractivity contribution in [3.63, 3.8) is 0 Å². The van der Waals surface area contributed by atoms with Crippen LogP contribution in [-0.2, 0) is 0 Å². The number of para-hydroxylation sites is 1. The van der Waals surface area contributed by atoms with Crippen LogP contribution in [0, 0.1) is 5.92 Å². The van der Waals surface area contributed by atoms with E-state index in [4.69, 9.17) is 10.5 Å². The van der Waals surface area contributed by atoms with Gasteiger partial charge in [0.25, 0.3) is 0 Å². The summed E-state index contributed by atoms with van der Waals surface area (Å²) in [6.07, 6.45) is 1.07. The Morgan fingerprint density at radius 3 is 2.54 bits per heavy atom. The van der Waals surface area contributed by atoms with Gasteiger partial charge in [0, 0.05) is 5.92 Å². The molecular formula is C11H17NO. The van der Waals surface area contributed by atoms with Gasteiger partial charge in [0.2, 0.25) is 0 Å². The predicted molar refractivity (Wildman–Crippen MR) is 54.8 cm³/mol. The molecule has 0 heterocycles. The third-order valence-electron chi connectivity index (χ3n) is 2.14. The third kappa shape index (κ3) is 3.47. The van der Waals surface area contributed by atoms with Crippen LogP contribution in [-0.4, -0.2) is 13.2 Å². The van der Waals surface area contributed by atoms with Crippen molar-refractivity contribution in [1.82, 2.24) is 0 Å². The fourth-order valence-electron chi connectivity index (χ4n) is 1.08. The van der Waals surface area contributed by atoms with E-state index in [1.165, 1.54) is 0 Å². The van der Waals surface area contributed by atoms with Crippen molar-refractivity contribution < 1.29 is 4.74 Å². The number of hydrogen-bond acceptors (Lipinski definition) is 2. The van der Waals surface area contributed by atoms with E-state index in [1.807, 2.05) is 30.3 Å². The number of rotatable bonds is 5. The fourth-order valence-corrected chi connectivity index (χ4v) is 1.08. The van der Waals surface area contributed by atoms with Crippen molar-refractivity contribution in [2.45, 2.75) is 13.3 Å². The third-order valence-corrected chi connectivity index (χ3v) is 2.14. The smallest absolute Gasteiger partial charge is 0.119 e. The molecule has 2 N–H and O–H groups in total. The first-order chi connectivity index (χ1) is 6.36. The van der Waals surface area contributed by atoms with Crippen molar-refractivity contribution in [3.8, 4) is 5.75 Å². The Morgan fingerprint density at radius 2 is 2.00 bits per heavy atom. The largest absolute Gasteiger partial charge is 0.493 e. The molecule has 0 aliphatic carbocycles. The van der Waals surface area contributed by atoms with Crippen LogP contribution in [0.1, 0.15) is 13.3 Å². The van der Waals surface area contributed by atoms with E-state index in [0.29, 0.717) is 12.5 Å². The maximum atomic E-state index is 5.57. The van der Waals surface area contributed by atoms with E-state index in [9.17, 15) is 0 Å². The summed E-state index contributed by atoms with van der Waals surface area (Å²) >= 11 is 0. The van der Waals surface area contributed by atoms with Gasteiger partial charge in [0.05, 0.1) is 6.61 Å². The van der Waals surface area contributed by atoms with Crippen molar-refractivity contribution in [1.29, 1.82) is 0 Å². The quantitative estimate of drug-likeness (QED) is 0.750. The van der Waals surface area contributed by atoms with Crippen LogP contribution in [0.5, 0.6) is 5.75 Å². The highest BCUT2D eigenvalue weighted by atomic mass is 16.5. The van der Waals surface area contributed by atoms with Crippen molar-refractivity contribution in [2.24, 2.45) is 11.7 Å². The SMILES string of the molecule is CCC(CN)COc1ccccc1. The van der Waals surface area contributed by atoms with E-state index in [1.54, 1.807) is 0 Å². The minimum absolute atomic E-state index is 0.472. The molecule has 1 unspecified atom stereocenters. The molecule has 0 spiro atoms. The predicted octanol–water partition coefficient (Wildman–Crippen LogP) is 2.05. The number of hydrogen-bond donors (Lipinski definition) is 1. The van der Waals surface area contributed by atoms with E-state index < -0.39 is 0 Å². The molecule has 0 aliphatic heterocycles. The summed E-state index contributed by atoms with van der Waals surface area (Å²) in [4.78, 5) is 0. The van der Waals surface area contributed by atoms with E-state index in [-0.39, 0.29) is 0 Å². The Bertz CT molecular complexity index is 219. The molecule has 0 aromatic heterocycles. The molecule has 1 rings (SSSR count). The van der Waals surface area contributed by atoms with Gasteiger partial charge in [-0.15, -0.1) is 0 Å². The highest BCUT2D eigenvalue weighted by Crippen LogP contribution is 2.10. The van der Waals surface area contributed by atoms with Gasteiger partial charge >= 0.3 is 0 Å². The molecule has 2 heteroatoms. The highest BCUT2D eigenvalue weighted by Gasteiger charge is 2.03. The lowest BCUT2D eigenvalue weighted by Crippen LogP contribution is -2.20. The average molecular weight is 179 g/mol. The Hall–Kier alpha value is -1.02. The zero-order valence-electron chi connectivity index (χ0n) is 8.07. The summed E-state index contributed by atoms with van der Waals surface area (Å²) in [6, 6.07) is 9.84. The van der Waals surface area contributed by atoms with Crippen molar-refractivity contribution in [3.05, 3.63) is 30.3 Å². The molecule has 0 bridgehead atoms. The van der Waals surface area contributed by atoms with E-state index in [2.05, 4.69) is 6.92 Å². The van der Waals surface area contributed by atoms with Crippen LogP contribution in [0.25, 0.3) is 0 Å². The first-order valence-corrected chi connectivity index (χ1v) is 4.74. The van der Waals surface area contributed by atoms with Crippen LogP contribution >= 0.6 is 0 Å². The summed E-state index contributed by atoms with van der Waals surface area (Å²) in [5.41, 5.74) is 5.57. The second-order valence-electron chi connectivity index (χ2n) is 3.13. The van der Waals surface area contributed by atoms with E-state index >= 15 is 0 Å². The standard InChI is InChI=1S/C11H17NO/c1-2-10(8-12)9-13-11-6-4-3-5-7-11/h3-7,10H,2,8-9,12H2,1H3. The van der Waals surface area contributed by atoms with Gasteiger partial charge in [0.15, 0.2) is 0 Å². The topological polar surface area (TPSA) is 35.2 Å². The molecule has 0 amide bonds. The number of ether oxygens (including phenoxy) is 1. The molecule has 13 heavy (non-hydrogen) atoms. The first kappa shape index (κ1) is 10.1. The fraction of sp³-hybridized carbons (Fsp3) is 0.455. The van der Waals surface area contributed by atoms with Gasteiger partial charge in [0.1, 0.15) is 5.75 Å². The van der Waals surface area contributed by atoms with Crippen LogP contribution in [0.15, 0.2) is 30.3 Å². The molecule has 0 fully saturated rings. The second-order valence-corrected chi connectivity index (χ2v) is 3.13. The molecule has 1 atom stereocenters. The molecular weight excluding hydrogens is 162 g/mol. The minimum atomic E-state index is 0.472. The average Bonchev–Trinajstić information content (AvgIpc) is 2.21. The van der Waals surface area contributed by atoms with Gasteiger partial charge in [-0.25, -0.2) is 0 Å². The summed E-state index contributed by atoms with van der Waals surface area (Å²) in [6.45, 7) is 3.55. The Labute approximate surface area is 79.7 Å². The highest BCUT2D eigenvalue weighted by molar-refractivity contribution is 5.20. The molecule has 0 radical (unpaired) electrons. The first-order valence-electron chi connectivity index (χ1n) is 4.74. The molecule has 0 saturated heterocycles. The summed E-state index contributed by atoms with van der Waals surface area (Å²) < 4.78 is 5.57. The monoisotopic (exact) mass is 179 g/mol. The van der Waals surface area contributed by atoms with Crippen LogP contribution in [0.2, 0.25) is 0 Å². The molecule has 1 aromatic carbocycles. The maximum Gasteiger partial charge on any atom is 0.119 e. The molecule has 1 aromatic rings. The van der Waals surface area contributed by atoms with Gasteiger partial charge in [-0.2, -0.15) is 0 Å². The van der Waals surface area contributed by atoms with E-state index in [0.717, 1.165) is 18.8 Å². The Kier molecular flexibility index (Phi) is 4.33. The normalized spacial score (nSPS) is 12.5. The van der Waals surface area contributed by atoms with Gasteiger partial charge < -0.3 is 10.5 Å². The summed E-state index contributed by atoms with van der Waals surface area (Å²) in [5, 5.41) is 0. The van der Waals surface area contributed by atoms with Crippen LogP contribution in [0.4, 0.5) is 0 Å². The molecule has 0 aliphatic rings. The van der Waals surface area contributed by atoms with Gasteiger partial charge in [-0.3, -0.25) is 0 Å². The Balaban J connectivity index is 2.34. The van der Waals surface area contributed by atoms with Crippen molar-refractivity contribution in [2.75, 3.05) is 13.2 Å². The molecule has 2 nitrogen and oxygen atoms in total. The van der Waals surface area contributed by atoms with Gasteiger partial charge in [-0.1, -0.05) is 25.1 Å². The summed E-state index contributed by atoms with van der Waals surface area (Å²) in [5.74, 6) is 1.40. The molecule has 0 saturated carbocycles. The van der Waals surface area contributed by atoms with Gasteiger partial charge in [-0.05, 0) is 25.1 Å². The van der Waals surface area contributed by atoms with Crippen LogP contribution in [0.3, 0.4) is 0 Å². The second kappa shape index (κ2) is 5.60.